The van der Waals surface area contributed by atoms with Gasteiger partial charge in [-0.1, -0.05) is 35.9 Å². The molecule has 2 N–H and O–H groups in total. The Kier molecular flexibility index (Phi) is 6.99. The fraction of sp³-hybridized carbons (Fsp3) is 0.0952. The summed E-state index contributed by atoms with van der Waals surface area (Å²) >= 11 is 7.14. The molecule has 0 spiro atoms. The second kappa shape index (κ2) is 9.86. The monoisotopic (exact) mass is 428 g/mol. The van der Waals surface area contributed by atoms with Gasteiger partial charge in [-0.3, -0.25) is 9.59 Å². The van der Waals surface area contributed by atoms with E-state index in [4.69, 9.17) is 16.3 Å². The molecule has 8 heteroatoms. The first-order valence-corrected chi connectivity index (χ1v) is 9.90. The van der Waals surface area contributed by atoms with Crippen LogP contribution >= 0.6 is 22.9 Å². The van der Waals surface area contributed by atoms with Crippen LogP contribution in [0.1, 0.15) is 25.6 Å². The second-order valence-corrected chi connectivity index (χ2v) is 7.38. The van der Waals surface area contributed by atoms with Gasteiger partial charge in [0.15, 0.2) is 6.61 Å². The van der Waals surface area contributed by atoms with Crippen molar-refractivity contribution in [1.29, 1.82) is 0 Å². The van der Waals surface area contributed by atoms with Gasteiger partial charge in [0.2, 0.25) is 0 Å². The molecule has 0 aliphatic rings. The zero-order valence-corrected chi connectivity index (χ0v) is 16.8. The Hall–Kier alpha value is -3.16. The number of benzene rings is 2. The highest BCUT2D eigenvalue weighted by molar-refractivity contribution is 7.12. The lowest BCUT2D eigenvalue weighted by Gasteiger charge is -2.08. The first-order valence-electron chi connectivity index (χ1n) is 8.64. The zero-order valence-electron chi connectivity index (χ0n) is 15.2. The number of esters is 1. The zero-order chi connectivity index (χ0) is 20.6. The van der Waals surface area contributed by atoms with E-state index >= 15 is 0 Å². The van der Waals surface area contributed by atoms with Gasteiger partial charge in [-0.15, -0.1) is 11.3 Å². The molecule has 0 saturated heterocycles. The summed E-state index contributed by atoms with van der Waals surface area (Å²) in [5.41, 5.74) is 1.58. The Labute approximate surface area is 176 Å². The summed E-state index contributed by atoms with van der Waals surface area (Å²) in [7, 11) is 0. The van der Waals surface area contributed by atoms with Crippen LogP contribution in [-0.2, 0) is 16.1 Å². The van der Waals surface area contributed by atoms with Crippen LogP contribution in [0.25, 0.3) is 0 Å². The van der Waals surface area contributed by atoms with Crippen molar-refractivity contribution in [3.05, 3.63) is 87.1 Å². The molecule has 1 heterocycles. The van der Waals surface area contributed by atoms with Crippen molar-refractivity contribution in [3.8, 4) is 0 Å². The summed E-state index contributed by atoms with van der Waals surface area (Å²) in [6, 6.07) is 16.9. The minimum atomic E-state index is -0.654. The van der Waals surface area contributed by atoms with E-state index < -0.39 is 18.5 Å². The van der Waals surface area contributed by atoms with Crippen LogP contribution in [0.2, 0.25) is 5.02 Å². The van der Waals surface area contributed by atoms with Crippen molar-refractivity contribution in [2.75, 3.05) is 11.9 Å². The summed E-state index contributed by atoms with van der Waals surface area (Å²) in [4.78, 5) is 36.8. The van der Waals surface area contributed by atoms with Crippen LogP contribution in [0, 0.1) is 0 Å². The smallest absolute Gasteiger partial charge is 0.338 e. The number of carbonyl (C=O) groups is 3. The number of amides is 2. The van der Waals surface area contributed by atoms with Crippen LogP contribution < -0.4 is 10.6 Å². The minimum absolute atomic E-state index is 0.236. The maximum absolute atomic E-state index is 12.2. The maximum Gasteiger partial charge on any atom is 0.338 e. The fourth-order valence-corrected chi connectivity index (χ4v) is 3.14. The van der Waals surface area contributed by atoms with Crippen molar-refractivity contribution in [3.63, 3.8) is 0 Å². The number of hydrogen-bond acceptors (Lipinski definition) is 5. The van der Waals surface area contributed by atoms with Gasteiger partial charge >= 0.3 is 5.97 Å². The maximum atomic E-state index is 12.2. The van der Waals surface area contributed by atoms with Crippen LogP contribution in [0.15, 0.2) is 66.0 Å². The van der Waals surface area contributed by atoms with Gasteiger partial charge in [0.05, 0.1) is 10.4 Å². The SMILES string of the molecule is O=C(COC(=O)c1cccc(NC(=O)c2cccs2)c1)NCc1ccc(Cl)cc1. The average Bonchev–Trinajstić information content (AvgIpc) is 3.27. The molecule has 0 saturated carbocycles. The summed E-state index contributed by atoms with van der Waals surface area (Å²) in [5, 5.41) is 7.81. The van der Waals surface area contributed by atoms with Crippen molar-refractivity contribution < 1.29 is 19.1 Å². The van der Waals surface area contributed by atoms with E-state index in [1.54, 1.807) is 60.0 Å². The molecule has 0 aliphatic carbocycles. The van der Waals surface area contributed by atoms with E-state index in [0.29, 0.717) is 22.1 Å². The van der Waals surface area contributed by atoms with Crippen LogP contribution in [0.5, 0.6) is 0 Å². The Morgan fingerprint density at radius 2 is 1.79 bits per heavy atom. The Morgan fingerprint density at radius 1 is 1.00 bits per heavy atom. The molecule has 0 radical (unpaired) electrons. The Bertz CT molecular complexity index is 1000. The van der Waals surface area contributed by atoms with Crippen molar-refractivity contribution in [2.45, 2.75) is 6.54 Å². The summed E-state index contributed by atoms with van der Waals surface area (Å²) in [5.74, 6) is -1.33. The summed E-state index contributed by atoms with van der Waals surface area (Å²) in [6.45, 7) is -0.101. The lowest BCUT2D eigenvalue weighted by Crippen LogP contribution is -2.28. The Balaban J connectivity index is 1.49. The molecule has 2 amide bonds. The molecule has 148 valence electrons. The van der Waals surface area contributed by atoms with E-state index in [2.05, 4.69) is 10.6 Å². The van der Waals surface area contributed by atoms with Gasteiger partial charge in [0, 0.05) is 17.3 Å². The minimum Gasteiger partial charge on any atom is -0.452 e. The number of rotatable bonds is 7. The average molecular weight is 429 g/mol. The molecule has 0 atom stereocenters. The molecule has 29 heavy (non-hydrogen) atoms. The van der Waals surface area contributed by atoms with E-state index in [-0.39, 0.29) is 11.5 Å². The van der Waals surface area contributed by atoms with Crippen LogP contribution in [-0.4, -0.2) is 24.4 Å². The number of ether oxygens (including phenoxy) is 1. The molecular formula is C21H17ClN2O4S. The molecule has 3 rings (SSSR count). The molecule has 0 bridgehead atoms. The molecule has 0 fully saturated rings. The Morgan fingerprint density at radius 3 is 2.52 bits per heavy atom. The van der Waals surface area contributed by atoms with Gasteiger partial charge in [-0.2, -0.15) is 0 Å². The normalized spacial score (nSPS) is 10.2. The first-order chi connectivity index (χ1) is 14.0. The summed E-state index contributed by atoms with van der Waals surface area (Å²) in [6.07, 6.45) is 0. The number of hydrogen-bond donors (Lipinski definition) is 2. The quantitative estimate of drug-likeness (QED) is 0.554. The highest BCUT2D eigenvalue weighted by atomic mass is 35.5. The van der Waals surface area contributed by atoms with Crippen LogP contribution in [0.4, 0.5) is 5.69 Å². The molecule has 0 aliphatic heterocycles. The number of carbonyl (C=O) groups excluding carboxylic acids is 3. The van der Waals surface area contributed by atoms with E-state index in [9.17, 15) is 14.4 Å². The number of thiophene rings is 1. The van der Waals surface area contributed by atoms with E-state index in [1.165, 1.54) is 17.4 Å². The van der Waals surface area contributed by atoms with Crippen LogP contribution in [0.3, 0.4) is 0 Å². The van der Waals surface area contributed by atoms with Crippen molar-refractivity contribution in [2.24, 2.45) is 0 Å². The molecule has 1 aromatic heterocycles. The number of halogens is 1. The third kappa shape index (κ3) is 6.17. The highest BCUT2D eigenvalue weighted by Gasteiger charge is 2.12. The predicted molar refractivity (Wildman–Crippen MR) is 112 cm³/mol. The lowest BCUT2D eigenvalue weighted by molar-refractivity contribution is -0.124. The third-order valence-corrected chi connectivity index (χ3v) is 4.96. The van der Waals surface area contributed by atoms with Crippen molar-refractivity contribution >= 4 is 46.4 Å². The first kappa shape index (κ1) is 20.6. The van der Waals surface area contributed by atoms with Gasteiger partial charge in [0.1, 0.15) is 0 Å². The van der Waals surface area contributed by atoms with Gasteiger partial charge in [-0.25, -0.2) is 4.79 Å². The third-order valence-electron chi connectivity index (χ3n) is 3.84. The standard InChI is InChI=1S/C21H17ClN2O4S/c22-16-8-6-14(7-9-16)12-23-19(25)13-28-21(27)15-3-1-4-17(11-15)24-20(26)18-5-2-10-29-18/h1-11H,12-13H2,(H,23,25)(H,24,26). The molecule has 2 aromatic carbocycles. The van der Waals surface area contributed by atoms with Gasteiger partial charge in [-0.05, 0) is 47.3 Å². The van der Waals surface area contributed by atoms with E-state index in [1.807, 2.05) is 0 Å². The number of anilines is 1. The topological polar surface area (TPSA) is 84.5 Å². The second-order valence-electron chi connectivity index (χ2n) is 5.99. The van der Waals surface area contributed by atoms with Crippen molar-refractivity contribution in [1.82, 2.24) is 5.32 Å². The molecule has 3 aromatic rings. The highest BCUT2D eigenvalue weighted by Crippen LogP contribution is 2.15. The van der Waals surface area contributed by atoms with Gasteiger partial charge in [0.25, 0.3) is 11.8 Å². The molecule has 0 unspecified atom stereocenters. The summed E-state index contributed by atoms with van der Waals surface area (Å²) < 4.78 is 5.05. The predicted octanol–water partition coefficient (Wildman–Crippen LogP) is 4.13. The molecular weight excluding hydrogens is 412 g/mol. The number of nitrogens with one attached hydrogen (secondary N) is 2. The lowest BCUT2D eigenvalue weighted by atomic mass is 10.2. The van der Waals surface area contributed by atoms with E-state index in [0.717, 1.165) is 5.56 Å². The fourth-order valence-electron chi connectivity index (χ4n) is 2.39. The largest absolute Gasteiger partial charge is 0.452 e. The molecule has 6 nitrogen and oxygen atoms in total. The van der Waals surface area contributed by atoms with Gasteiger partial charge < -0.3 is 15.4 Å².